The summed E-state index contributed by atoms with van der Waals surface area (Å²) in [6, 6.07) is 8.99. The molecular formula is C22H18F2N4O3S. The van der Waals surface area contributed by atoms with Crippen LogP contribution in [0, 0.1) is 11.6 Å². The first-order valence-electron chi connectivity index (χ1n) is 9.60. The van der Waals surface area contributed by atoms with Gasteiger partial charge in [-0.15, -0.1) is 0 Å². The van der Waals surface area contributed by atoms with Crippen LogP contribution in [0.15, 0.2) is 53.8 Å². The van der Waals surface area contributed by atoms with E-state index in [9.17, 15) is 13.4 Å². The zero-order valence-corrected chi connectivity index (χ0v) is 17.9. The van der Waals surface area contributed by atoms with Gasteiger partial charge in [0.1, 0.15) is 28.8 Å². The minimum atomic E-state index is -1.82. The van der Waals surface area contributed by atoms with Crippen molar-refractivity contribution in [3.63, 3.8) is 0 Å². The van der Waals surface area contributed by atoms with E-state index >= 15 is 4.39 Å². The number of hydrogen-bond donors (Lipinski definition) is 2. The Morgan fingerprint density at radius 1 is 1.16 bits per heavy atom. The molecule has 0 bridgehead atoms. The Labute approximate surface area is 184 Å². The summed E-state index contributed by atoms with van der Waals surface area (Å²) in [5, 5.41) is 0.205. The SMILES string of the molecule is CCc1ccc(S(=O)Nc2ccc(F)c(C(=O)c3c[nH]c4ncnc(OC)c34)c2F)cc1. The monoisotopic (exact) mass is 456 g/mol. The fourth-order valence-corrected chi connectivity index (χ4v) is 4.11. The number of aryl methyl sites for hydroxylation is 1. The van der Waals surface area contributed by atoms with E-state index in [0.717, 1.165) is 24.1 Å². The van der Waals surface area contributed by atoms with Crippen LogP contribution in [0.3, 0.4) is 0 Å². The molecule has 0 spiro atoms. The van der Waals surface area contributed by atoms with Gasteiger partial charge in [0.2, 0.25) is 11.7 Å². The standard InChI is InChI=1S/C22H18F2N4O3S/c1-3-12-4-6-13(7-5-12)32(30)28-16-9-8-15(23)18(19(16)24)20(29)14-10-25-21-17(14)22(31-2)27-11-26-21/h4-11,28H,3H2,1-2H3,(H,25,26,27). The normalized spacial score (nSPS) is 12.0. The Hall–Kier alpha value is -3.66. The van der Waals surface area contributed by atoms with E-state index in [1.807, 2.05) is 19.1 Å². The summed E-state index contributed by atoms with van der Waals surface area (Å²) in [6.07, 6.45) is 3.35. The summed E-state index contributed by atoms with van der Waals surface area (Å²) in [7, 11) is -0.459. The fraction of sp³-hybridized carbons (Fsp3) is 0.136. The first kappa shape index (κ1) is 21.6. The second-order valence-electron chi connectivity index (χ2n) is 6.79. The van der Waals surface area contributed by atoms with Crippen molar-refractivity contribution in [2.45, 2.75) is 18.2 Å². The molecule has 2 N–H and O–H groups in total. The van der Waals surface area contributed by atoms with Gasteiger partial charge in [0.15, 0.2) is 5.82 Å². The van der Waals surface area contributed by atoms with Crippen LogP contribution in [0.4, 0.5) is 14.5 Å². The molecule has 2 heterocycles. The number of hydrogen-bond acceptors (Lipinski definition) is 5. The number of fused-ring (bicyclic) bond motifs is 1. The van der Waals surface area contributed by atoms with Crippen LogP contribution in [0.1, 0.15) is 28.4 Å². The largest absolute Gasteiger partial charge is 0.480 e. The number of ether oxygens (including phenoxy) is 1. The molecule has 0 aliphatic rings. The summed E-state index contributed by atoms with van der Waals surface area (Å²) >= 11 is 0. The van der Waals surface area contributed by atoms with Gasteiger partial charge in [-0.1, -0.05) is 19.1 Å². The predicted octanol–water partition coefficient (Wildman–Crippen LogP) is 4.17. The Balaban J connectivity index is 1.71. The van der Waals surface area contributed by atoms with Gasteiger partial charge >= 0.3 is 0 Å². The second kappa shape index (κ2) is 8.83. The molecular weight excluding hydrogens is 438 g/mol. The molecule has 0 aliphatic heterocycles. The third-order valence-electron chi connectivity index (χ3n) is 4.94. The van der Waals surface area contributed by atoms with Crippen molar-refractivity contribution in [2.75, 3.05) is 11.8 Å². The number of ketones is 1. The molecule has 0 saturated heterocycles. The van der Waals surface area contributed by atoms with Gasteiger partial charge < -0.3 is 9.72 Å². The van der Waals surface area contributed by atoms with Gasteiger partial charge in [-0.2, -0.15) is 0 Å². The highest BCUT2D eigenvalue weighted by atomic mass is 32.2. The van der Waals surface area contributed by atoms with Crippen LogP contribution in [-0.4, -0.2) is 32.1 Å². The summed E-state index contributed by atoms with van der Waals surface area (Å²) in [6.45, 7) is 1.99. The molecule has 164 valence electrons. The highest BCUT2D eigenvalue weighted by Crippen LogP contribution is 2.30. The third kappa shape index (κ3) is 3.84. The van der Waals surface area contributed by atoms with Gasteiger partial charge in [0.05, 0.1) is 34.2 Å². The van der Waals surface area contributed by atoms with E-state index in [0.29, 0.717) is 4.90 Å². The van der Waals surface area contributed by atoms with Crippen molar-refractivity contribution in [1.82, 2.24) is 15.0 Å². The van der Waals surface area contributed by atoms with Crippen LogP contribution in [0.25, 0.3) is 11.0 Å². The number of rotatable bonds is 7. The molecule has 0 fully saturated rings. The predicted molar refractivity (Wildman–Crippen MR) is 116 cm³/mol. The maximum Gasteiger partial charge on any atom is 0.226 e. The van der Waals surface area contributed by atoms with Gasteiger partial charge in [-0.3, -0.25) is 9.52 Å². The van der Waals surface area contributed by atoms with E-state index in [2.05, 4.69) is 19.7 Å². The molecule has 2 aromatic heterocycles. The maximum atomic E-state index is 15.2. The first-order chi connectivity index (χ1) is 15.4. The lowest BCUT2D eigenvalue weighted by Gasteiger charge is -2.11. The number of aromatic amines is 1. The van der Waals surface area contributed by atoms with Crippen molar-refractivity contribution in [2.24, 2.45) is 0 Å². The maximum absolute atomic E-state index is 15.2. The van der Waals surface area contributed by atoms with Crippen molar-refractivity contribution in [3.05, 3.63) is 77.2 Å². The summed E-state index contributed by atoms with van der Waals surface area (Å²) in [4.78, 5) is 24.2. The molecule has 0 aliphatic carbocycles. The number of anilines is 1. The van der Waals surface area contributed by atoms with Gasteiger partial charge in [-0.25, -0.2) is 23.0 Å². The Bertz CT molecular complexity index is 1340. The number of aromatic nitrogens is 3. The van der Waals surface area contributed by atoms with Gasteiger partial charge in [-0.05, 0) is 36.2 Å². The minimum absolute atomic E-state index is 0.0522. The van der Waals surface area contributed by atoms with Gasteiger partial charge in [0, 0.05) is 6.20 Å². The van der Waals surface area contributed by atoms with Crippen LogP contribution in [0.5, 0.6) is 5.88 Å². The number of methoxy groups -OCH3 is 1. The fourth-order valence-electron chi connectivity index (χ4n) is 3.25. The number of H-pyrrole nitrogens is 1. The molecule has 0 radical (unpaired) electrons. The number of benzene rings is 2. The lowest BCUT2D eigenvalue weighted by atomic mass is 10.0. The highest BCUT2D eigenvalue weighted by Gasteiger charge is 2.26. The number of halogens is 2. The summed E-state index contributed by atoms with van der Waals surface area (Å²) in [5.41, 5.74) is 0.233. The van der Waals surface area contributed by atoms with E-state index in [-0.39, 0.29) is 28.2 Å². The van der Waals surface area contributed by atoms with Crippen LogP contribution >= 0.6 is 0 Å². The smallest absolute Gasteiger partial charge is 0.226 e. The number of carbonyl (C=O) groups is 1. The Kier molecular flexibility index (Phi) is 5.95. The molecule has 7 nitrogen and oxygen atoms in total. The van der Waals surface area contributed by atoms with Crippen LogP contribution in [0.2, 0.25) is 0 Å². The molecule has 2 aromatic carbocycles. The van der Waals surface area contributed by atoms with Crippen molar-refractivity contribution < 1.29 is 22.5 Å². The summed E-state index contributed by atoms with van der Waals surface area (Å²) < 4.78 is 50.1. The number of carbonyl (C=O) groups excluding carboxylic acids is 1. The second-order valence-corrected chi connectivity index (χ2v) is 8.00. The van der Waals surface area contributed by atoms with E-state index in [4.69, 9.17) is 4.74 Å². The zero-order valence-electron chi connectivity index (χ0n) is 17.1. The van der Waals surface area contributed by atoms with E-state index in [1.165, 1.54) is 19.6 Å². The van der Waals surface area contributed by atoms with Crippen molar-refractivity contribution >= 4 is 33.5 Å². The van der Waals surface area contributed by atoms with Crippen molar-refractivity contribution in [3.8, 4) is 5.88 Å². The highest BCUT2D eigenvalue weighted by molar-refractivity contribution is 7.86. The first-order valence-corrected chi connectivity index (χ1v) is 10.8. The third-order valence-corrected chi connectivity index (χ3v) is 6.05. The van der Waals surface area contributed by atoms with Gasteiger partial charge in [0.25, 0.3) is 0 Å². The number of nitrogens with zero attached hydrogens (tertiary/aromatic N) is 2. The van der Waals surface area contributed by atoms with E-state index < -0.39 is 34.0 Å². The Morgan fingerprint density at radius 2 is 1.91 bits per heavy atom. The molecule has 10 heteroatoms. The number of nitrogens with one attached hydrogen (secondary N) is 2. The molecule has 32 heavy (non-hydrogen) atoms. The molecule has 1 atom stereocenters. The molecule has 1 unspecified atom stereocenters. The molecule has 4 aromatic rings. The summed E-state index contributed by atoms with van der Waals surface area (Å²) in [5.74, 6) is -3.05. The molecule has 0 amide bonds. The molecule has 4 rings (SSSR count). The average Bonchev–Trinajstić information content (AvgIpc) is 3.25. The lowest BCUT2D eigenvalue weighted by Crippen LogP contribution is -2.12. The molecule has 0 saturated carbocycles. The van der Waals surface area contributed by atoms with Crippen molar-refractivity contribution in [1.29, 1.82) is 0 Å². The van der Waals surface area contributed by atoms with Crippen LogP contribution < -0.4 is 9.46 Å². The topological polar surface area (TPSA) is 97.0 Å². The lowest BCUT2D eigenvalue weighted by molar-refractivity contribution is 0.103. The quantitative estimate of drug-likeness (QED) is 0.407. The van der Waals surface area contributed by atoms with E-state index in [1.54, 1.807) is 12.1 Å². The zero-order chi connectivity index (χ0) is 22.8. The average molecular weight is 456 g/mol. The Morgan fingerprint density at radius 3 is 2.59 bits per heavy atom. The van der Waals surface area contributed by atoms with Crippen LogP contribution in [-0.2, 0) is 17.4 Å². The minimum Gasteiger partial charge on any atom is -0.480 e.